The highest BCUT2D eigenvalue weighted by Crippen LogP contribution is 2.20. The highest BCUT2D eigenvalue weighted by atomic mass is 16.5. The molecule has 0 aromatic carbocycles. The van der Waals surface area contributed by atoms with Crippen LogP contribution < -0.4 is 0 Å². The lowest BCUT2D eigenvalue weighted by molar-refractivity contribution is -0.139. The van der Waals surface area contributed by atoms with Gasteiger partial charge < -0.3 is 9.64 Å². The fourth-order valence-corrected chi connectivity index (χ4v) is 2.72. The van der Waals surface area contributed by atoms with E-state index < -0.39 is 0 Å². The van der Waals surface area contributed by atoms with Crippen LogP contribution in [0.5, 0.6) is 0 Å². The highest BCUT2D eigenvalue weighted by molar-refractivity contribution is 5.76. The summed E-state index contributed by atoms with van der Waals surface area (Å²) in [6, 6.07) is 0. The fraction of sp³-hybridized carbons (Fsp3) is 0.500. The zero-order valence-corrected chi connectivity index (χ0v) is 13.5. The molecule has 2 aromatic heterocycles. The number of nitrogens with zero attached hydrogens (tertiary/aromatic N) is 5. The van der Waals surface area contributed by atoms with Gasteiger partial charge in [-0.2, -0.15) is 5.10 Å². The molecule has 0 aliphatic carbocycles. The molecule has 23 heavy (non-hydrogen) atoms. The second-order valence-corrected chi connectivity index (χ2v) is 5.71. The molecule has 0 radical (unpaired) electrons. The van der Waals surface area contributed by atoms with Crippen molar-refractivity contribution in [2.45, 2.75) is 25.9 Å². The smallest absolute Gasteiger partial charge is 0.223 e. The summed E-state index contributed by atoms with van der Waals surface area (Å²) in [6.07, 6.45) is 7.81. The Morgan fingerprint density at radius 1 is 1.39 bits per heavy atom. The predicted molar refractivity (Wildman–Crippen MR) is 83.6 cm³/mol. The Labute approximate surface area is 135 Å². The average Bonchev–Trinajstić information content (AvgIpc) is 2.92. The molecule has 7 nitrogen and oxygen atoms in total. The van der Waals surface area contributed by atoms with Crippen molar-refractivity contribution in [2.75, 3.05) is 19.7 Å². The molecule has 3 heterocycles. The average molecular weight is 315 g/mol. The van der Waals surface area contributed by atoms with Gasteiger partial charge in [0.2, 0.25) is 5.91 Å². The summed E-state index contributed by atoms with van der Waals surface area (Å²) >= 11 is 0. The molecule has 2 aromatic rings. The highest BCUT2D eigenvalue weighted by Gasteiger charge is 2.26. The molecular weight excluding hydrogens is 294 g/mol. The van der Waals surface area contributed by atoms with E-state index in [1.807, 2.05) is 29.7 Å². The van der Waals surface area contributed by atoms with Gasteiger partial charge >= 0.3 is 0 Å². The molecule has 0 saturated carbocycles. The molecule has 0 spiro atoms. The second kappa shape index (κ2) is 6.87. The lowest BCUT2D eigenvalue weighted by atomic mass is 10.1. The second-order valence-electron chi connectivity index (χ2n) is 5.71. The number of aryl methyl sites for hydroxylation is 2. The third-order valence-corrected chi connectivity index (χ3v) is 4.28. The van der Waals surface area contributed by atoms with Crippen molar-refractivity contribution in [3.8, 4) is 0 Å². The Hall–Kier alpha value is -2.28. The molecule has 122 valence electrons. The van der Waals surface area contributed by atoms with Crippen molar-refractivity contribution < 1.29 is 9.53 Å². The first-order chi connectivity index (χ1) is 11.1. The number of carbonyl (C=O) groups excluding carboxylic acids is 1. The van der Waals surface area contributed by atoms with Crippen LogP contribution in [0.3, 0.4) is 0 Å². The topological polar surface area (TPSA) is 73.1 Å². The number of ether oxygens (including phenoxy) is 1. The van der Waals surface area contributed by atoms with E-state index in [0.29, 0.717) is 32.5 Å². The summed E-state index contributed by atoms with van der Waals surface area (Å²) in [5.41, 5.74) is 3.00. The third kappa shape index (κ3) is 3.56. The quantitative estimate of drug-likeness (QED) is 0.843. The number of aromatic nitrogens is 4. The number of rotatable bonds is 4. The Kier molecular flexibility index (Phi) is 4.66. The summed E-state index contributed by atoms with van der Waals surface area (Å²) in [7, 11) is 1.91. The van der Waals surface area contributed by atoms with Crippen molar-refractivity contribution in [1.29, 1.82) is 0 Å². The van der Waals surface area contributed by atoms with E-state index in [2.05, 4.69) is 15.1 Å². The van der Waals surface area contributed by atoms with Gasteiger partial charge in [0.05, 0.1) is 31.2 Å². The first kappa shape index (κ1) is 15.6. The van der Waals surface area contributed by atoms with Crippen LogP contribution in [0.1, 0.15) is 29.5 Å². The van der Waals surface area contributed by atoms with Gasteiger partial charge in [-0.15, -0.1) is 0 Å². The molecule has 1 amide bonds. The zero-order chi connectivity index (χ0) is 16.2. The van der Waals surface area contributed by atoms with Gasteiger partial charge in [-0.25, -0.2) is 0 Å². The van der Waals surface area contributed by atoms with Crippen LogP contribution in [0.15, 0.2) is 24.8 Å². The lowest BCUT2D eigenvalue weighted by Gasteiger charge is -2.32. The van der Waals surface area contributed by atoms with E-state index in [4.69, 9.17) is 4.74 Å². The molecule has 7 heteroatoms. The largest absolute Gasteiger partial charge is 0.368 e. The van der Waals surface area contributed by atoms with E-state index in [1.165, 1.54) is 0 Å². The van der Waals surface area contributed by atoms with Crippen LogP contribution in [-0.2, 0) is 23.0 Å². The van der Waals surface area contributed by atoms with Gasteiger partial charge in [0.25, 0.3) is 0 Å². The fourth-order valence-electron chi connectivity index (χ4n) is 2.72. The Balaban J connectivity index is 1.58. The van der Waals surface area contributed by atoms with E-state index in [-0.39, 0.29) is 12.0 Å². The molecular formula is C16H21N5O2. The van der Waals surface area contributed by atoms with Crippen LogP contribution in [0.4, 0.5) is 0 Å². The summed E-state index contributed by atoms with van der Waals surface area (Å²) in [5.74, 6) is 0.144. The summed E-state index contributed by atoms with van der Waals surface area (Å²) in [6.45, 7) is 3.70. The monoisotopic (exact) mass is 315 g/mol. The van der Waals surface area contributed by atoms with Crippen LogP contribution in [0, 0.1) is 6.92 Å². The van der Waals surface area contributed by atoms with Crippen molar-refractivity contribution in [3.05, 3.63) is 41.7 Å². The van der Waals surface area contributed by atoms with Crippen molar-refractivity contribution in [1.82, 2.24) is 24.6 Å². The number of hydrogen-bond donors (Lipinski definition) is 0. The van der Waals surface area contributed by atoms with E-state index in [9.17, 15) is 4.79 Å². The van der Waals surface area contributed by atoms with E-state index in [1.54, 1.807) is 18.6 Å². The maximum absolute atomic E-state index is 12.5. The number of amides is 1. The van der Waals surface area contributed by atoms with Crippen molar-refractivity contribution in [2.24, 2.45) is 7.05 Å². The van der Waals surface area contributed by atoms with Gasteiger partial charge in [0.15, 0.2) is 0 Å². The number of carbonyl (C=O) groups is 1. The first-order valence-corrected chi connectivity index (χ1v) is 7.78. The number of hydrogen-bond acceptors (Lipinski definition) is 5. The molecule has 0 unspecified atom stereocenters. The van der Waals surface area contributed by atoms with Gasteiger partial charge in [0.1, 0.15) is 6.10 Å². The summed E-state index contributed by atoms with van der Waals surface area (Å²) in [4.78, 5) is 22.7. The summed E-state index contributed by atoms with van der Waals surface area (Å²) < 4.78 is 7.55. The van der Waals surface area contributed by atoms with Crippen LogP contribution in [-0.4, -0.2) is 50.3 Å². The Bertz CT molecular complexity index is 670. The molecule has 1 saturated heterocycles. The molecule has 1 aliphatic heterocycles. The molecule has 0 bridgehead atoms. The first-order valence-electron chi connectivity index (χ1n) is 7.78. The van der Waals surface area contributed by atoms with Gasteiger partial charge in [-0.3, -0.25) is 19.4 Å². The minimum Gasteiger partial charge on any atom is -0.368 e. The lowest BCUT2D eigenvalue weighted by Crippen LogP contribution is -2.42. The van der Waals surface area contributed by atoms with Crippen LogP contribution in [0.2, 0.25) is 0 Å². The van der Waals surface area contributed by atoms with Gasteiger partial charge in [-0.05, 0) is 18.9 Å². The molecule has 3 rings (SSSR count). The standard InChI is InChI=1S/C16H21N5O2/c1-12-13(9-19-20(12)2)3-4-16(22)21-7-8-23-15(11-21)14-10-17-5-6-18-14/h5-6,9-10,15H,3-4,7-8,11H2,1-2H3/t15-/m0/s1. The SMILES string of the molecule is Cc1c(CCC(=O)N2CCO[C@H](c3cnccn3)C2)cnn1C. The Morgan fingerprint density at radius 2 is 2.26 bits per heavy atom. The van der Waals surface area contributed by atoms with Gasteiger partial charge in [-0.1, -0.05) is 0 Å². The third-order valence-electron chi connectivity index (χ3n) is 4.28. The van der Waals surface area contributed by atoms with Crippen molar-refractivity contribution >= 4 is 5.91 Å². The van der Waals surface area contributed by atoms with E-state index in [0.717, 1.165) is 17.0 Å². The van der Waals surface area contributed by atoms with Crippen LogP contribution >= 0.6 is 0 Å². The van der Waals surface area contributed by atoms with Gasteiger partial charge in [0, 0.05) is 38.1 Å². The summed E-state index contributed by atoms with van der Waals surface area (Å²) in [5, 5.41) is 4.21. The maximum atomic E-state index is 12.5. The molecule has 1 aliphatic rings. The molecule has 0 N–H and O–H groups in total. The minimum absolute atomic E-state index is 0.144. The molecule has 1 fully saturated rings. The van der Waals surface area contributed by atoms with Crippen molar-refractivity contribution in [3.63, 3.8) is 0 Å². The zero-order valence-electron chi connectivity index (χ0n) is 13.5. The van der Waals surface area contributed by atoms with E-state index >= 15 is 0 Å². The maximum Gasteiger partial charge on any atom is 0.223 e. The van der Waals surface area contributed by atoms with Crippen LogP contribution in [0.25, 0.3) is 0 Å². The normalized spacial score (nSPS) is 18.2. The molecule has 1 atom stereocenters. The minimum atomic E-state index is -0.193. The predicted octanol–water partition coefficient (Wildman–Crippen LogP) is 1.05. The Morgan fingerprint density at radius 3 is 2.96 bits per heavy atom. The number of morpholine rings is 1.